The molecule has 2 N–H and O–H groups in total. The quantitative estimate of drug-likeness (QED) is 0.876. The Hall–Kier alpha value is -1.31. The molecule has 0 bridgehead atoms. The molecule has 1 aromatic carbocycles. The molecule has 0 aliphatic heterocycles. The van der Waals surface area contributed by atoms with Gasteiger partial charge in [-0.2, -0.15) is 0 Å². The third kappa shape index (κ3) is 3.62. The summed E-state index contributed by atoms with van der Waals surface area (Å²) >= 11 is 5.74. The van der Waals surface area contributed by atoms with Crippen LogP contribution >= 0.6 is 11.6 Å². The topological polar surface area (TPSA) is 89.7 Å². The Balaban J connectivity index is 2.11. The van der Waals surface area contributed by atoms with Gasteiger partial charge in [0.05, 0.1) is 0 Å². The number of hydrogen-bond donors (Lipinski definition) is 1. The van der Waals surface area contributed by atoms with Crippen molar-refractivity contribution >= 4 is 27.5 Å². The van der Waals surface area contributed by atoms with Gasteiger partial charge in [0.1, 0.15) is 10.6 Å². The molecule has 1 aliphatic carbocycles. The Kier molecular flexibility index (Phi) is 4.22. The molecule has 0 aromatic heterocycles. The van der Waals surface area contributed by atoms with Crippen LogP contribution in [0.1, 0.15) is 12.8 Å². The molecule has 0 heterocycles. The molecular weight excluding hydrogens is 304 g/mol. The second-order valence-electron chi connectivity index (χ2n) is 4.66. The standard InChI is InChI=1S/C12H15ClN2O4S/c1-15(9-3-4-9)12(16)7-19-10-5-2-8(13)6-11(10)20(14,17)18/h2,5-6,9H,3-4,7H2,1H3,(H2,14,17,18). The number of nitrogens with zero attached hydrogens (tertiary/aromatic N) is 1. The fourth-order valence-corrected chi connectivity index (χ4v) is 2.67. The molecule has 1 saturated carbocycles. The lowest BCUT2D eigenvalue weighted by molar-refractivity contribution is -0.132. The highest BCUT2D eigenvalue weighted by atomic mass is 35.5. The van der Waals surface area contributed by atoms with Crippen LogP contribution in [0.2, 0.25) is 5.02 Å². The van der Waals surface area contributed by atoms with Crippen molar-refractivity contribution in [1.29, 1.82) is 0 Å². The number of nitrogens with two attached hydrogens (primary N) is 1. The van der Waals surface area contributed by atoms with Crippen molar-refractivity contribution in [3.63, 3.8) is 0 Å². The Labute approximate surface area is 122 Å². The number of carbonyl (C=O) groups is 1. The van der Waals surface area contributed by atoms with Crippen LogP contribution < -0.4 is 9.88 Å². The normalized spacial score (nSPS) is 14.9. The van der Waals surface area contributed by atoms with E-state index in [1.165, 1.54) is 18.2 Å². The number of hydrogen-bond acceptors (Lipinski definition) is 4. The van der Waals surface area contributed by atoms with Gasteiger partial charge in [-0.1, -0.05) is 11.6 Å². The molecule has 8 heteroatoms. The van der Waals surface area contributed by atoms with E-state index >= 15 is 0 Å². The molecule has 0 spiro atoms. The summed E-state index contributed by atoms with van der Waals surface area (Å²) in [6, 6.07) is 4.32. The van der Waals surface area contributed by atoms with Gasteiger partial charge in [0.15, 0.2) is 6.61 Å². The molecule has 0 unspecified atom stereocenters. The van der Waals surface area contributed by atoms with Crippen LogP contribution in [0.15, 0.2) is 23.1 Å². The van der Waals surface area contributed by atoms with Crippen molar-refractivity contribution in [2.24, 2.45) is 5.14 Å². The van der Waals surface area contributed by atoms with Gasteiger partial charge < -0.3 is 9.64 Å². The first-order chi connectivity index (χ1) is 9.29. The molecule has 0 saturated heterocycles. The molecular formula is C12H15ClN2O4S. The summed E-state index contributed by atoms with van der Waals surface area (Å²) in [5, 5.41) is 5.31. The number of primary sulfonamides is 1. The second-order valence-corrected chi connectivity index (χ2v) is 6.63. The third-order valence-corrected chi connectivity index (χ3v) is 4.22. The van der Waals surface area contributed by atoms with E-state index in [1.54, 1.807) is 11.9 Å². The molecule has 1 amide bonds. The molecule has 110 valence electrons. The van der Waals surface area contributed by atoms with Gasteiger partial charge >= 0.3 is 0 Å². The van der Waals surface area contributed by atoms with Crippen molar-refractivity contribution in [2.45, 2.75) is 23.8 Å². The van der Waals surface area contributed by atoms with Crippen LogP contribution in [0, 0.1) is 0 Å². The molecule has 20 heavy (non-hydrogen) atoms. The smallest absolute Gasteiger partial charge is 0.260 e. The monoisotopic (exact) mass is 318 g/mol. The summed E-state index contributed by atoms with van der Waals surface area (Å²) in [5.74, 6) is -0.183. The van der Waals surface area contributed by atoms with Crippen LogP contribution in [0.25, 0.3) is 0 Å². The highest BCUT2D eigenvalue weighted by Gasteiger charge is 2.29. The summed E-state index contributed by atoms with van der Waals surface area (Å²) in [7, 11) is -2.26. The fraction of sp³-hybridized carbons (Fsp3) is 0.417. The predicted molar refractivity (Wildman–Crippen MR) is 74.1 cm³/mol. The SMILES string of the molecule is CN(C(=O)COc1ccc(Cl)cc1S(N)(=O)=O)C1CC1. The van der Waals surface area contributed by atoms with Crippen molar-refractivity contribution < 1.29 is 17.9 Å². The molecule has 1 fully saturated rings. The van der Waals surface area contributed by atoms with E-state index in [-0.39, 0.29) is 34.2 Å². The number of halogens is 1. The van der Waals surface area contributed by atoms with Gasteiger partial charge in [0.25, 0.3) is 5.91 Å². The van der Waals surface area contributed by atoms with E-state index in [0.717, 1.165) is 12.8 Å². The largest absolute Gasteiger partial charge is 0.482 e. The van der Waals surface area contributed by atoms with Gasteiger partial charge in [-0.15, -0.1) is 0 Å². The lowest BCUT2D eigenvalue weighted by Crippen LogP contribution is -2.33. The summed E-state index contributed by atoms with van der Waals surface area (Å²) in [5.41, 5.74) is 0. The lowest BCUT2D eigenvalue weighted by Gasteiger charge is -2.17. The molecule has 6 nitrogen and oxygen atoms in total. The second kappa shape index (κ2) is 5.59. The van der Waals surface area contributed by atoms with Crippen LogP contribution in [0.5, 0.6) is 5.75 Å². The first-order valence-electron chi connectivity index (χ1n) is 6.00. The predicted octanol–water partition coefficient (Wildman–Crippen LogP) is 0.987. The van der Waals surface area contributed by atoms with E-state index in [1.807, 2.05) is 0 Å². The Morgan fingerprint density at radius 2 is 2.15 bits per heavy atom. The number of sulfonamides is 1. The van der Waals surface area contributed by atoms with Crippen LogP contribution in [0.3, 0.4) is 0 Å². The van der Waals surface area contributed by atoms with E-state index in [4.69, 9.17) is 21.5 Å². The van der Waals surface area contributed by atoms with E-state index < -0.39 is 10.0 Å². The maximum absolute atomic E-state index is 11.8. The number of likely N-dealkylation sites (N-methyl/N-ethyl adjacent to an activating group) is 1. The highest BCUT2D eigenvalue weighted by molar-refractivity contribution is 7.89. The van der Waals surface area contributed by atoms with E-state index in [2.05, 4.69) is 0 Å². The van der Waals surface area contributed by atoms with Gasteiger partial charge in [-0.25, -0.2) is 13.6 Å². The van der Waals surface area contributed by atoms with Crippen LogP contribution in [-0.2, 0) is 14.8 Å². The van der Waals surface area contributed by atoms with E-state index in [0.29, 0.717) is 0 Å². The Morgan fingerprint density at radius 3 is 2.70 bits per heavy atom. The van der Waals surface area contributed by atoms with Crippen molar-refractivity contribution in [3.8, 4) is 5.75 Å². The van der Waals surface area contributed by atoms with Crippen LogP contribution in [-0.4, -0.2) is 38.9 Å². The van der Waals surface area contributed by atoms with Gasteiger partial charge in [0.2, 0.25) is 10.0 Å². The minimum atomic E-state index is -3.96. The minimum Gasteiger partial charge on any atom is -0.482 e. The number of amides is 1. The highest BCUT2D eigenvalue weighted by Crippen LogP contribution is 2.27. The lowest BCUT2D eigenvalue weighted by atomic mass is 10.3. The number of benzene rings is 1. The zero-order valence-electron chi connectivity index (χ0n) is 10.9. The summed E-state index contributed by atoms with van der Waals surface area (Å²) in [6.07, 6.45) is 1.98. The summed E-state index contributed by atoms with van der Waals surface area (Å²) in [6.45, 7) is -0.239. The maximum atomic E-state index is 11.8. The van der Waals surface area contributed by atoms with Crippen molar-refractivity contribution in [2.75, 3.05) is 13.7 Å². The molecule has 0 atom stereocenters. The summed E-state index contributed by atoms with van der Waals surface area (Å²) < 4.78 is 28.2. The van der Waals surface area contributed by atoms with Gasteiger partial charge in [-0.3, -0.25) is 4.79 Å². The molecule has 0 radical (unpaired) electrons. The molecule has 1 aromatic rings. The van der Waals surface area contributed by atoms with Gasteiger partial charge in [-0.05, 0) is 31.0 Å². The van der Waals surface area contributed by atoms with Crippen molar-refractivity contribution in [1.82, 2.24) is 4.90 Å². The Morgan fingerprint density at radius 1 is 1.50 bits per heavy atom. The fourth-order valence-electron chi connectivity index (χ4n) is 1.73. The molecule has 1 aliphatic rings. The zero-order chi connectivity index (χ0) is 14.9. The number of carbonyl (C=O) groups excluding carboxylic acids is 1. The average Bonchev–Trinajstić information content (AvgIpc) is 3.19. The first-order valence-corrected chi connectivity index (χ1v) is 7.92. The van der Waals surface area contributed by atoms with Crippen LogP contribution in [0.4, 0.5) is 0 Å². The van der Waals surface area contributed by atoms with Crippen molar-refractivity contribution in [3.05, 3.63) is 23.2 Å². The van der Waals surface area contributed by atoms with E-state index in [9.17, 15) is 13.2 Å². The summed E-state index contributed by atoms with van der Waals surface area (Å²) in [4.78, 5) is 13.2. The minimum absolute atomic E-state index is 0.0226. The average molecular weight is 319 g/mol. The first kappa shape index (κ1) is 15.1. The zero-order valence-corrected chi connectivity index (χ0v) is 12.4. The van der Waals surface area contributed by atoms with Gasteiger partial charge in [0, 0.05) is 18.1 Å². The molecule has 2 rings (SSSR count). The number of rotatable bonds is 5. The number of ether oxygens (including phenoxy) is 1. The maximum Gasteiger partial charge on any atom is 0.260 e. The third-order valence-electron chi connectivity index (χ3n) is 3.05. The Bertz CT molecular complexity index is 628.